The molecule has 0 spiro atoms. The van der Waals surface area contributed by atoms with Gasteiger partial charge in [-0.05, 0) is 37.3 Å². The first-order valence-electron chi connectivity index (χ1n) is 4.67. The fourth-order valence-electron chi connectivity index (χ4n) is 2.12. The van der Waals surface area contributed by atoms with Gasteiger partial charge in [-0.1, -0.05) is 0 Å². The number of pyridine rings is 1. The zero-order valence-electron chi connectivity index (χ0n) is 7.76. The van der Waals surface area contributed by atoms with Crippen LogP contribution in [0, 0.1) is 6.92 Å². The van der Waals surface area contributed by atoms with E-state index in [9.17, 15) is 4.79 Å². The van der Waals surface area contributed by atoms with Gasteiger partial charge in [-0.15, -0.1) is 0 Å². The quantitative estimate of drug-likeness (QED) is 0.623. The predicted octanol–water partition coefficient (Wildman–Crippen LogP) is 1.02. The van der Waals surface area contributed by atoms with Gasteiger partial charge < -0.3 is 10.7 Å². The van der Waals surface area contributed by atoms with E-state index in [0.717, 1.165) is 36.1 Å². The molecule has 1 unspecified atom stereocenters. The molecule has 0 bridgehead atoms. The third kappa shape index (κ3) is 1.40. The average molecular weight is 178 g/mol. The first kappa shape index (κ1) is 8.51. The van der Waals surface area contributed by atoms with E-state index in [-0.39, 0.29) is 11.6 Å². The molecule has 1 aliphatic rings. The highest BCUT2D eigenvalue weighted by Crippen LogP contribution is 2.27. The van der Waals surface area contributed by atoms with Crippen LogP contribution in [0.2, 0.25) is 0 Å². The van der Waals surface area contributed by atoms with Crippen molar-refractivity contribution in [1.29, 1.82) is 0 Å². The highest BCUT2D eigenvalue weighted by molar-refractivity contribution is 5.33. The van der Waals surface area contributed by atoms with E-state index in [1.165, 1.54) is 0 Å². The Kier molecular flexibility index (Phi) is 1.96. The van der Waals surface area contributed by atoms with Crippen LogP contribution in [0.1, 0.15) is 35.7 Å². The normalized spacial score (nSPS) is 21.2. The van der Waals surface area contributed by atoms with Crippen LogP contribution in [0.5, 0.6) is 0 Å². The summed E-state index contributed by atoms with van der Waals surface area (Å²) >= 11 is 0. The lowest BCUT2D eigenvalue weighted by Gasteiger charge is -2.23. The summed E-state index contributed by atoms with van der Waals surface area (Å²) in [4.78, 5) is 14.0. The second-order valence-corrected chi connectivity index (χ2v) is 3.71. The van der Waals surface area contributed by atoms with Crippen molar-refractivity contribution in [3.05, 3.63) is 33.2 Å². The number of hydrogen-bond acceptors (Lipinski definition) is 2. The Hall–Kier alpha value is -1.09. The number of hydrogen-bond donors (Lipinski definition) is 2. The molecule has 1 aromatic heterocycles. The Morgan fingerprint density at radius 1 is 1.62 bits per heavy atom. The van der Waals surface area contributed by atoms with Crippen molar-refractivity contribution in [3.8, 4) is 0 Å². The third-order valence-electron chi connectivity index (χ3n) is 2.68. The molecule has 3 N–H and O–H groups in total. The van der Waals surface area contributed by atoms with E-state index in [0.29, 0.717) is 0 Å². The molecule has 0 amide bonds. The van der Waals surface area contributed by atoms with Gasteiger partial charge in [0, 0.05) is 17.8 Å². The molecule has 0 aromatic carbocycles. The lowest BCUT2D eigenvalue weighted by molar-refractivity contribution is 0.555. The van der Waals surface area contributed by atoms with Gasteiger partial charge in [-0.25, -0.2) is 0 Å². The fraction of sp³-hybridized carbons (Fsp3) is 0.500. The first-order chi connectivity index (χ1) is 6.18. The predicted molar refractivity (Wildman–Crippen MR) is 51.7 cm³/mol. The molecule has 0 fully saturated rings. The molecule has 1 aliphatic carbocycles. The van der Waals surface area contributed by atoms with Gasteiger partial charge in [0.25, 0.3) is 0 Å². The Bertz CT molecular complexity index is 381. The summed E-state index contributed by atoms with van der Waals surface area (Å²) in [5.74, 6) is 0. The number of aryl methyl sites for hydroxylation is 2. The van der Waals surface area contributed by atoms with Crippen molar-refractivity contribution in [2.45, 2.75) is 32.2 Å². The van der Waals surface area contributed by atoms with E-state index in [1.807, 2.05) is 6.92 Å². The highest BCUT2D eigenvalue weighted by atomic mass is 16.1. The molecule has 0 aliphatic heterocycles. The summed E-state index contributed by atoms with van der Waals surface area (Å²) in [5.41, 5.74) is 9.20. The maximum Gasteiger partial charge on any atom is 0.248 e. The smallest absolute Gasteiger partial charge is 0.248 e. The molecule has 3 nitrogen and oxygen atoms in total. The van der Waals surface area contributed by atoms with Crippen LogP contribution in [0.4, 0.5) is 0 Å². The number of fused-ring (bicyclic) bond motifs is 1. The largest absolute Gasteiger partial charge is 0.326 e. The van der Waals surface area contributed by atoms with Crippen LogP contribution >= 0.6 is 0 Å². The fourth-order valence-corrected chi connectivity index (χ4v) is 2.12. The SMILES string of the molecule is Cc1cc(=O)[nH]c2c1C(N)CCC2. The van der Waals surface area contributed by atoms with E-state index in [2.05, 4.69) is 4.98 Å². The summed E-state index contributed by atoms with van der Waals surface area (Å²) in [7, 11) is 0. The molecule has 0 radical (unpaired) electrons. The van der Waals surface area contributed by atoms with E-state index >= 15 is 0 Å². The van der Waals surface area contributed by atoms with Crippen molar-refractivity contribution in [3.63, 3.8) is 0 Å². The first-order valence-corrected chi connectivity index (χ1v) is 4.67. The standard InChI is InChI=1S/C10H14N2O/c1-6-5-9(13)12-8-4-2-3-7(11)10(6)8/h5,7H,2-4,11H2,1H3,(H,12,13). The average Bonchev–Trinajstić information content (AvgIpc) is 2.02. The molecule has 1 heterocycles. The summed E-state index contributed by atoms with van der Waals surface area (Å²) < 4.78 is 0. The molecule has 1 aromatic rings. The van der Waals surface area contributed by atoms with Gasteiger partial charge in [0.2, 0.25) is 5.56 Å². The minimum atomic E-state index is -0.00894. The minimum absolute atomic E-state index is 0.00894. The number of nitrogens with one attached hydrogen (secondary N) is 1. The number of H-pyrrole nitrogens is 1. The van der Waals surface area contributed by atoms with Crippen LogP contribution < -0.4 is 11.3 Å². The number of nitrogens with two attached hydrogens (primary N) is 1. The topological polar surface area (TPSA) is 58.9 Å². The molecule has 70 valence electrons. The van der Waals surface area contributed by atoms with Gasteiger partial charge in [-0.3, -0.25) is 4.79 Å². The summed E-state index contributed by atoms with van der Waals surface area (Å²) in [6.45, 7) is 1.96. The molecular formula is C10H14N2O. The van der Waals surface area contributed by atoms with Crippen molar-refractivity contribution >= 4 is 0 Å². The molecule has 1 atom stereocenters. The van der Waals surface area contributed by atoms with Gasteiger partial charge in [0.1, 0.15) is 0 Å². The summed E-state index contributed by atoms with van der Waals surface area (Å²) in [6.07, 6.45) is 3.06. The Balaban J connectivity index is 2.63. The third-order valence-corrected chi connectivity index (χ3v) is 2.68. The van der Waals surface area contributed by atoms with Crippen molar-refractivity contribution in [2.75, 3.05) is 0 Å². The van der Waals surface area contributed by atoms with Gasteiger partial charge in [0.05, 0.1) is 0 Å². The zero-order valence-corrected chi connectivity index (χ0v) is 7.76. The van der Waals surface area contributed by atoms with Crippen LogP contribution in [0.25, 0.3) is 0 Å². The maximum absolute atomic E-state index is 11.2. The number of rotatable bonds is 0. The van der Waals surface area contributed by atoms with Crippen molar-refractivity contribution in [1.82, 2.24) is 4.98 Å². The molecule has 13 heavy (non-hydrogen) atoms. The molecule has 0 saturated carbocycles. The molecule has 0 saturated heterocycles. The Labute approximate surface area is 77.0 Å². The minimum Gasteiger partial charge on any atom is -0.326 e. The maximum atomic E-state index is 11.2. The van der Waals surface area contributed by atoms with Crippen LogP contribution in [0.3, 0.4) is 0 Å². The van der Waals surface area contributed by atoms with Crippen LogP contribution in [0.15, 0.2) is 10.9 Å². The molecule has 3 heteroatoms. The van der Waals surface area contributed by atoms with Crippen LogP contribution in [-0.4, -0.2) is 4.98 Å². The monoisotopic (exact) mass is 178 g/mol. The molecule has 2 rings (SSSR count). The lowest BCUT2D eigenvalue weighted by atomic mass is 9.89. The Morgan fingerprint density at radius 2 is 2.38 bits per heavy atom. The highest BCUT2D eigenvalue weighted by Gasteiger charge is 2.19. The van der Waals surface area contributed by atoms with Gasteiger partial charge >= 0.3 is 0 Å². The summed E-state index contributed by atoms with van der Waals surface area (Å²) in [6, 6.07) is 1.74. The van der Waals surface area contributed by atoms with Gasteiger partial charge in [0.15, 0.2) is 0 Å². The number of aromatic nitrogens is 1. The van der Waals surface area contributed by atoms with E-state index in [4.69, 9.17) is 5.73 Å². The van der Waals surface area contributed by atoms with E-state index < -0.39 is 0 Å². The molecular weight excluding hydrogens is 164 g/mol. The van der Waals surface area contributed by atoms with Crippen molar-refractivity contribution in [2.24, 2.45) is 5.73 Å². The zero-order chi connectivity index (χ0) is 9.42. The second-order valence-electron chi connectivity index (χ2n) is 3.71. The van der Waals surface area contributed by atoms with E-state index in [1.54, 1.807) is 6.07 Å². The number of aromatic amines is 1. The van der Waals surface area contributed by atoms with Crippen molar-refractivity contribution < 1.29 is 0 Å². The second kappa shape index (κ2) is 3.00. The lowest BCUT2D eigenvalue weighted by Crippen LogP contribution is -2.23. The Morgan fingerprint density at radius 3 is 3.15 bits per heavy atom. The van der Waals surface area contributed by atoms with Gasteiger partial charge in [-0.2, -0.15) is 0 Å². The summed E-state index contributed by atoms with van der Waals surface area (Å²) in [5, 5.41) is 0. The van der Waals surface area contributed by atoms with Crippen LogP contribution in [-0.2, 0) is 6.42 Å².